The summed E-state index contributed by atoms with van der Waals surface area (Å²) >= 11 is 0. The van der Waals surface area contributed by atoms with Crippen LogP contribution in [0, 0.1) is 0 Å². The van der Waals surface area contributed by atoms with Crippen LogP contribution in [-0.4, -0.2) is 29.4 Å². The molecule has 0 aromatic heterocycles. The smallest absolute Gasteiger partial charge is 0.256 e. The second kappa shape index (κ2) is 6.09. The van der Waals surface area contributed by atoms with Crippen LogP contribution >= 0.6 is 0 Å². The highest BCUT2D eigenvalue weighted by atomic mass is 16.2. The molecule has 1 heterocycles. The van der Waals surface area contributed by atoms with Gasteiger partial charge in [-0.2, -0.15) is 0 Å². The van der Waals surface area contributed by atoms with Crippen molar-refractivity contribution in [2.24, 2.45) is 0 Å². The third-order valence-electron chi connectivity index (χ3n) is 3.95. The number of hydrogen-bond acceptors (Lipinski definition) is 2. The molecule has 1 aromatic carbocycles. The summed E-state index contributed by atoms with van der Waals surface area (Å²) in [5.74, 6) is 0.163. The van der Waals surface area contributed by atoms with Crippen LogP contribution in [0.1, 0.15) is 50.4 Å². The van der Waals surface area contributed by atoms with Crippen molar-refractivity contribution in [3.8, 4) is 0 Å². The summed E-state index contributed by atoms with van der Waals surface area (Å²) in [5.41, 5.74) is 1.74. The monoisotopic (exact) mass is 260 g/mol. The highest BCUT2D eigenvalue weighted by Crippen LogP contribution is 2.26. The number of amides is 1. The number of benzene rings is 1. The van der Waals surface area contributed by atoms with Crippen LogP contribution in [0.15, 0.2) is 24.3 Å². The van der Waals surface area contributed by atoms with Crippen molar-refractivity contribution in [1.82, 2.24) is 4.90 Å². The zero-order chi connectivity index (χ0) is 13.8. The molecule has 104 valence electrons. The Labute approximate surface area is 116 Å². The molecule has 0 spiro atoms. The molecule has 2 rings (SSSR count). The van der Waals surface area contributed by atoms with Crippen molar-refractivity contribution in [3.05, 3.63) is 29.8 Å². The number of nitrogens with one attached hydrogen (secondary N) is 1. The second-order valence-electron chi connectivity index (χ2n) is 5.42. The molecule has 0 saturated carbocycles. The van der Waals surface area contributed by atoms with Gasteiger partial charge in [0, 0.05) is 24.3 Å². The lowest BCUT2D eigenvalue weighted by atomic mass is 9.96. The van der Waals surface area contributed by atoms with Gasteiger partial charge >= 0.3 is 0 Å². The molecule has 1 saturated heterocycles. The van der Waals surface area contributed by atoms with Crippen molar-refractivity contribution in [2.45, 2.75) is 52.1 Å². The maximum absolute atomic E-state index is 12.8. The average molecular weight is 260 g/mol. The van der Waals surface area contributed by atoms with Crippen LogP contribution in [0.2, 0.25) is 0 Å². The van der Waals surface area contributed by atoms with E-state index in [0.717, 1.165) is 30.6 Å². The summed E-state index contributed by atoms with van der Waals surface area (Å²) in [5, 5.41) is 3.28. The third-order valence-corrected chi connectivity index (χ3v) is 3.95. The summed E-state index contributed by atoms with van der Waals surface area (Å²) < 4.78 is 0. The van der Waals surface area contributed by atoms with Crippen molar-refractivity contribution >= 4 is 11.6 Å². The molecule has 1 amide bonds. The number of para-hydroxylation sites is 1. The van der Waals surface area contributed by atoms with E-state index < -0.39 is 0 Å². The number of rotatable bonds is 3. The van der Waals surface area contributed by atoms with E-state index >= 15 is 0 Å². The van der Waals surface area contributed by atoms with E-state index in [1.165, 1.54) is 6.42 Å². The molecule has 19 heavy (non-hydrogen) atoms. The van der Waals surface area contributed by atoms with Crippen molar-refractivity contribution in [3.63, 3.8) is 0 Å². The maximum atomic E-state index is 12.8. The van der Waals surface area contributed by atoms with Gasteiger partial charge in [0.25, 0.3) is 5.91 Å². The van der Waals surface area contributed by atoms with Gasteiger partial charge in [-0.3, -0.25) is 4.79 Å². The first-order valence-electron chi connectivity index (χ1n) is 7.30. The molecular weight excluding hydrogens is 236 g/mol. The van der Waals surface area contributed by atoms with Crippen LogP contribution in [-0.2, 0) is 0 Å². The van der Waals surface area contributed by atoms with Gasteiger partial charge in [-0.1, -0.05) is 12.1 Å². The molecule has 1 aliphatic rings. The summed E-state index contributed by atoms with van der Waals surface area (Å²) in [7, 11) is 0. The Hall–Kier alpha value is -1.51. The van der Waals surface area contributed by atoms with E-state index in [9.17, 15) is 4.79 Å². The Balaban J connectivity index is 2.27. The fraction of sp³-hybridized carbons (Fsp3) is 0.562. The molecule has 1 aliphatic heterocycles. The summed E-state index contributed by atoms with van der Waals surface area (Å²) in [6, 6.07) is 8.49. The lowest BCUT2D eigenvalue weighted by Crippen LogP contribution is -2.47. The minimum Gasteiger partial charge on any atom is -0.385 e. The van der Waals surface area contributed by atoms with Crippen LogP contribution < -0.4 is 5.32 Å². The number of anilines is 1. The maximum Gasteiger partial charge on any atom is 0.256 e. The largest absolute Gasteiger partial charge is 0.385 e. The molecule has 0 radical (unpaired) electrons. The van der Waals surface area contributed by atoms with E-state index in [0.29, 0.717) is 12.1 Å². The van der Waals surface area contributed by atoms with Crippen molar-refractivity contribution in [1.29, 1.82) is 0 Å². The van der Waals surface area contributed by atoms with Gasteiger partial charge < -0.3 is 10.2 Å². The predicted octanol–water partition coefficient (Wildman–Crippen LogP) is 3.52. The standard InChI is InChI=1S/C16H24N2O/c1-4-17-15-11-6-5-10-14(15)16(19)18-12(2)8-7-9-13(18)3/h5-6,10-13,17H,4,7-9H2,1-3H3. The van der Waals surface area contributed by atoms with Gasteiger partial charge in [-0.25, -0.2) is 0 Å². The Bertz CT molecular complexity index is 434. The molecule has 0 aliphatic carbocycles. The molecule has 3 nitrogen and oxygen atoms in total. The SMILES string of the molecule is CCNc1ccccc1C(=O)N1C(C)CCCC1C. The highest BCUT2D eigenvalue weighted by Gasteiger charge is 2.30. The Kier molecular flexibility index (Phi) is 4.46. The summed E-state index contributed by atoms with van der Waals surface area (Å²) in [6.45, 7) is 7.19. The average Bonchev–Trinajstić information content (AvgIpc) is 2.39. The fourth-order valence-corrected chi connectivity index (χ4v) is 2.97. The quantitative estimate of drug-likeness (QED) is 0.901. The van der Waals surface area contributed by atoms with Gasteiger partial charge in [0.15, 0.2) is 0 Å². The van der Waals surface area contributed by atoms with E-state index in [-0.39, 0.29) is 5.91 Å². The number of carbonyl (C=O) groups excluding carboxylic acids is 1. The van der Waals surface area contributed by atoms with Gasteiger partial charge in [0.2, 0.25) is 0 Å². The van der Waals surface area contributed by atoms with Crippen LogP contribution in [0.3, 0.4) is 0 Å². The normalized spacial score (nSPS) is 23.2. The first-order valence-corrected chi connectivity index (χ1v) is 7.30. The third kappa shape index (κ3) is 2.91. The van der Waals surface area contributed by atoms with Crippen LogP contribution in [0.25, 0.3) is 0 Å². The minimum absolute atomic E-state index is 0.163. The van der Waals surface area contributed by atoms with Gasteiger partial charge in [-0.15, -0.1) is 0 Å². The zero-order valence-corrected chi connectivity index (χ0v) is 12.1. The first kappa shape index (κ1) is 13.9. The number of hydrogen-bond donors (Lipinski definition) is 1. The molecule has 0 bridgehead atoms. The van der Waals surface area contributed by atoms with E-state index in [2.05, 4.69) is 24.1 Å². The lowest BCUT2D eigenvalue weighted by molar-refractivity contribution is 0.0512. The van der Waals surface area contributed by atoms with Gasteiger partial charge in [-0.05, 0) is 52.2 Å². The second-order valence-corrected chi connectivity index (χ2v) is 5.42. The summed E-state index contributed by atoms with van der Waals surface area (Å²) in [4.78, 5) is 14.9. The molecule has 1 N–H and O–H groups in total. The first-order chi connectivity index (χ1) is 9.15. The summed E-state index contributed by atoms with van der Waals surface area (Å²) in [6.07, 6.45) is 3.44. The topological polar surface area (TPSA) is 32.3 Å². The molecule has 2 atom stereocenters. The van der Waals surface area contributed by atoms with E-state index in [1.54, 1.807) is 0 Å². The molecular formula is C16H24N2O. The fourth-order valence-electron chi connectivity index (χ4n) is 2.97. The van der Waals surface area contributed by atoms with Crippen LogP contribution in [0.4, 0.5) is 5.69 Å². The molecule has 3 heteroatoms. The number of nitrogens with zero attached hydrogens (tertiary/aromatic N) is 1. The van der Waals surface area contributed by atoms with E-state index in [1.807, 2.05) is 31.2 Å². The Morgan fingerprint density at radius 3 is 2.53 bits per heavy atom. The number of likely N-dealkylation sites (tertiary alicyclic amines) is 1. The van der Waals surface area contributed by atoms with Crippen molar-refractivity contribution < 1.29 is 4.79 Å². The van der Waals surface area contributed by atoms with Crippen LogP contribution in [0.5, 0.6) is 0 Å². The minimum atomic E-state index is 0.163. The lowest BCUT2D eigenvalue weighted by Gasteiger charge is -2.39. The number of piperidine rings is 1. The van der Waals surface area contributed by atoms with Crippen molar-refractivity contribution in [2.75, 3.05) is 11.9 Å². The van der Waals surface area contributed by atoms with Gasteiger partial charge in [0.05, 0.1) is 5.56 Å². The predicted molar refractivity (Wildman–Crippen MR) is 79.6 cm³/mol. The highest BCUT2D eigenvalue weighted by molar-refractivity contribution is 6.00. The number of carbonyl (C=O) groups is 1. The zero-order valence-electron chi connectivity index (χ0n) is 12.1. The molecule has 1 aromatic rings. The molecule has 2 unspecified atom stereocenters. The van der Waals surface area contributed by atoms with E-state index in [4.69, 9.17) is 0 Å². The van der Waals surface area contributed by atoms with Gasteiger partial charge in [0.1, 0.15) is 0 Å². The molecule has 1 fully saturated rings. The Morgan fingerprint density at radius 1 is 1.26 bits per heavy atom. The Morgan fingerprint density at radius 2 is 1.89 bits per heavy atom.